The lowest BCUT2D eigenvalue weighted by atomic mass is 10.1. The first kappa shape index (κ1) is 16.6. The van der Waals surface area contributed by atoms with Crippen molar-refractivity contribution in [2.45, 2.75) is 12.1 Å². The van der Waals surface area contributed by atoms with Crippen LogP contribution < -0.4 is 0 Å². The monoisotopic (exact) mass is 341 g/mol. The van der Waals surface area contributed by atoms with Crippen LogP contribution in [0.15, 0.2) is 18.2 Å². The number of likely N-dealkylation sites (tertiary alicyclic amines) is 1. The molecule has 1 aromatic carbocycles. The zero-order valence-electron chi connectivity index (χ0n) is 13.1. The summed E-state index contributed by atoms with van der Waals surface area (Å²) in [6.45, 7) is 4.49. The predicted octanol–water partition coefficient (Wildman–Crippen LogP) is 0.912. The maximum atomic E-state index is 13.2. The van der Waals surface area contributed by atoms with Crippen molar-refractivity contribution in [3.05, 3.63) is 34.6 Å². The minimum absolute atomic E-state index is 0.0384. The molecular weight excluding hydrogens is 321 g/mol. The number of aliphatic hydroxyl groups is 1. The number of β-amino-alcohol motifs (C(OH)–C–C–N with tert-alkyl or cyclic N) is 1. The van der Waals surface area contributed by atoms with Crippen LogP contribution in [0, 0.1) is 5.82 Å². The zero-order chi connectivity index (χ0) is 16.6. The molecule has 0 radical (unpaired) electrons. The minimum Gasteiger partial charge on any atom is -0.390 e. The van der Waals surface area contributed by atoms with Gasteiger partial charge in [-0.15, -0.1) is 0 Å². The van der Waals surface area contributed by atoms with Gasteiger partial charge in [0, 0.05) is 44.8 Å². The largest absolute Gasteiger partial charge is 0.390 e. The second-order valence-electron chi connectivity index (χ2n) is 6.31. The highest BCUT2D eigenvalue weighted by molar-refractivity contribution is 6.31. The number of hydrogen-bond acceptors (Lipinski definition) is 4. The third-order valence-electron chi connectivity index (χ3n) is 4.72. The van der Waals surface area contributed by atoms with Crippen LogP contribution in [-0.4, -0.2) is 84.2 Å². The molecule has 2 atom stereocenters. The summed E-state index contributed by atoms with van der Waals surface area (Å²) in [5.74, 6) is -0.762. The molecule has 0 bridgehead atoms. The third-order valence-corrected chi connectivity index (χ3v) is 5.01. The molecule has 2 heterocycles. The molecule has 1 amide bonds. The van der Waals surface area contributed by atoms with Gasteiger partial charge in [-0.1, -0.05) is 11.6 Å². The summed E-state index contributed by atoms with van der Waals surface area (Å²) in [4.78, 5) is 18.7. The van der Waals surface area contributed by atoms with Crippen molar-refractivity contribution in [2.24, 2.45) is 0 Å². The van der Waals surface area contributed by atoms with Crippen molar-refractivity contribution in [1.82, 2.24) is 14.7 Å². The van der Waals surface area contributed by atoms with Crippen molar-refractivity contribution in [3.63, 3.8) is 0 Å². The van der Waals surface area contributed by atoms with Crippen molar-refractivity contribution in [2.75, 3.05) is 46.3 Å². The molecular formula is C16H21ClFN3O2. The molecule has 3 rings (SSSR count). The number of likely N-dealkylation sites (N-methyl/N-ethyl adjacent to an activating group) is 1. The molecule has 2 fully saturated rings. The number of benzene rings is 1. The highest BCUT2D eigenvalue weighted by atomic mass is 35.5. The van der Waals surface area contributed by atoms with Gasteiger partial charge in [-0.05, 0) is 25.2 Å². The van der Waals surface area contributed by atoms with E-state index in [1.165, 1.54) is 18.2 Å². The molecule has 5 nitrogen and oxygen atoms in total. The van der Waals surface area contributed by atoms with Crippen molar-refractivity contribution in [1.29, 1.82) is 0 Å². The van der Waals surface area contributed by atoms with Gasteiger partial charge in [-0.25, -0.2) is 4.39 Å². The number of halogens is 2. The molecule has 2 saturated heterocycles. The quantitative estimate of drug-likeness (QED) is 0.868. The molecule has 0 unspecified atom stereocenters. The summed E-state index contributed by atoms with van der Waals surface area (Å²) < 4.78 is 13.2. The van der Waals surface area contributed by atoms with E-state index < -0.39 is 11.9 Å². The highest BCUT2D eigenvalue weighted by Crippen LogP contribution is 2.22. The Bertz CT molecular complexity index is 593. The van der Waals surface area contributed by atoms with Gasteiger partial charge in [0.25, 0.3) is 5.91 Å². The Morgan fingerprint density at radius 1 is 1.26 bits per heavy atom. The van der Waals surface area contributed by atoms with Crippen molar-refractivity contribution < 1.29 is 14.3 Å². The van der Waals surface area contributed by atoms with Crippen LogP contribution in [0.4, 0.5) is 4.39 Å². The number of nitrogens with zero attached hydrogens (tertiary/aromatic N) is 3. The minimum atomic E-state index is -0.557. The average Bonchev–Trinajstić information content (AvgIpc) is 2.92. The van der Waals surface area contributed by atoms with E-state index in [2.05, 4.69) is 16.8 Å². The number of piperazine rings is 1. The van der Waals surface area contributed by atoms with E-state index >= 15 is 0 Å². The smallest absolute Gasteiger partial charge is 0.254 e. The molecule has 2 aliphatic heterocycles. The topological polar surface area (TPSA) is 47.0 Å². The molecule has 7 heteroatoms. The van der Waals surface area contributed by atoms with E-state index in [1.54, 1.807) is 4.90 Å². The van der Waals surface area contributed by atoms with E-state index in [-0.39, 0.29) is 17.0 Å². The van der Waals surface area contributed by atoms with E-state index in [4.69, 9.17) is 11.6 Å². The maximum Gasteiger partial charge on any atom is 0.254 e. The first-order valence-electron chi connectivity index (χ1n) is 7.80. The van der Waals surface area contributed by atoms with Crippen LogP contribution >= 0.6 is 11.6 Å². The predicted molar refractivity (Wildman–Crippen MR) is 86.2 cm³/mol. The van der Waals surface area contributed by atoms with E-state index in [1.807, 2.05) is 0 Å². The van der Waals surface area contributed by atoms with Gasteiger partial charge in [0.1, 0.15) is 5.82 Å². The summed E-state index contributed by atoms with van der Waals surface area (Å²) in [6.07, 6.45) is -0.557. The summed E-state index contributed by atoms with van der Waals surface area (Å²) in [5.41, 5.74) is 0.350. The number of carbonyl (C=O) groups excluding carboxylic acids is 1. The van der Waals surface area contributed by atoms with Gasteiger partial charge in [-0.2, -0.15) is 0 Å². The molecule has 0 aliphatic carbocycles. The molecule has 0 spiro atoms. The Kier molecular flexibility index (Phi) is 4.87. The lowest BCUT2D eigenvalue weighted by molar-refractivity contribution is 0.0512. The number of rotatable bonds is 2. The van der Waals surface area contributed by atoms with Crippen molar-refractivity contribution >= 4 is 17.5 Å². The normalized spacial score (nSPS) is 26.7. The second-order valence-corrected chi connectivity index (χ2v) is 6.72. The van der Waals surface area contributed by atoms with Crippen LogP contribution in [0.2, 0.25) is 5.02 Å². The van der Waals surface area contributed by atoms with Gasteiger partial charge >= 0.3 is 0 Å². The summed E-state index contributed by atoms with van der Waals surface area (Å²) >= 11 is 5.75. The second kappa shape index (κ2) is 6.73. The number of amides is 1. The van der Waals surface area contributed by atoms with Crippen molar-refractivity contribution in [3.8, 4) is 0 Å². The molecule has 1 N–H and O–H groups in total. The summed E-state index contributed by atoms with van der Waals surface area (Å²) in [6, 6.07) is 3.93. The Morgan fingerprint density at radius 2 is 1.96 bits per heavy atom. The van der Waals surface area contributed by atoms with Crippen LogP contribution in [0.25, 0.3) is 0 Å². The SMILES string of the molecule is CN1CCN([C@@H]2CN(C(=O)c3ccc(F)c(Cl)c3)C[C@H]2O)CC1. The Morgan fingerprint density at radius 3 is 2.61 bits per heavy atom. The lowest BCUT2D eigenvalue weighted by Gasteiger charge is -2.37. The third kappa shape index (κ3) is 3.50. The number of aliphatic hydroxyl groups excluding tert-OH is 1. The fraction of sp³-hybridized carbons (Fsp3) is 0.562. The zero-order valence-corrected chi connectivity index (χ0v) is 13.8. The van der Waals surface area contributed by atoms with Gasteiger partial charge in [0.2, 0.25) is 0 Å². The molecule has 23 heavy (non-hydrogen) atoms. The molecule has 2 aliphatic rings. The van der Waals surface area contributed by atoms with Crippen LogP contribution in [-0.2, 0) is 0 Å². The standard InChI is InChI=1S/C16H21ClFN3O2/c1-19-4-6-20(7-5-19)14-9-21(10-15(14)22)16(23)11-2-3-13(18)12(17)8-11/h2-3,8,14-15,22H,4-7,9-10H2,1H3/t14-,15-/m1/s1. The lowest BCUT2D eigenvalue weighted by Crippen LogP contribution is -2.52. The number of carbonyl (C=O) groups is 1. The highest BCUT2D eigenvalue weighted by Gasteiger charge is 2.38. The van der Waals surface area contributed by atoms with Crippen LogP contribution in [0.5, 0.6) is 0 Å². The average molecular weight is 342 g/mol. The fourth-order valence-corrected chi connectivity index (χ4v) is 3.44. The molecule has 0 saturated carbocycles. The van der Waals surface area contributed by atoms with E-state index in [9.17, 15) is 14.3 Å². The van der Waals surface area contributed by atoms with Gasteiger partial charge in [0.15, 0.2) is 0 Å². The Hall–Kier alpha value is -1.21. The van der Waals surface area contributed by atoms with Gasteiger partial charge < -0.3 is 14.9 Å². The summed E-state index contributed by atoms with van der Waals surface area (Å²) in [5, 5.41) is 10.3. The van der Waals surface area contributed by atoms with E-state index in [0.29, 0.717) is 18.7 Å². The Labute approximate surface area is 140 Å². The maximum absolute atomic E-state index is 13.2. The van der Waals surface area contributed by atoms with Crippen LogP contribution in [0.1, 0.15) is 10.4 Å². The molecule has 1 aromatic rings. The van der Waals surface area contributed by atoms with Gasteiger partial charge in [-0.3, -0.25) is 9.69 Å². The summed E-state index contributed by atoms with van der Waals surface area (Å²) in [7, 11) is 2.08. The first-order valence-corrected chi connectivity index (χ1v) is 8.18. The van der Waals surface area contributed by atoms with Gasteiger partial charge in [0.05, 0.1) is 17.2 Å². The fourth-order valence-electron chi connectivity index (χ4n) is 3.26. The molecule has 126 valence electrons. The number of hydrogen-bond donors (Lipinski definition) is 1. The first-order chi connectivity index (χ1) is 11.0. The van der Waals surface area contributed by atoms with Crippen LogP contribution in [0.3, 0.4) is 0 Å². The molecule has 0 aromatic heterocycles. The van der Waals surface area contributed by atoms with E-state index in [0.717, 1.165) is 26.2 Å². The Balaban J connectivity index is 1.67.